The average molecular weight is 163 g/mol. The second kappa shape index (κ2) is 2.67. The highest BCUT2D eigenvalue weighted by Gasteiger charge is 2.13. The van der Waals surface area contributed by atoms with E-state index < -0.39 is 0 Å². The van der Waals surface area contributed by atoms with Gasteiger partial charge in [0.15, 0.2) is 0 Å². The van der Waals surface area contributed by atoms with Crippen molar-refractivity contribution >= 4 is 11.3 Å². The van der Waals surface area contributed by atoms with Crippen molar-refractivity contribution in [2.75, 3.05) is 0 Å². The summed E-state index contributed by atoms with van der Waals surface area (Å²) in [7, 11) is 0. The van der Waals surface area contributed by atoms with Gasteiger partial charge in [-0.2, -0.15) is 5.26 Å². The van der Waals surface area contributed by atoms with Crippen LogP contribution < -0.4 is 0 Å². The van der Waals surface area contributed by atoms with Crippen LogP contribution in [0.25, 0.3) is 0 Å². The average Bonchev–Trinajstić information content (AvgIpc) is 2.46. The van der Waals surface area contributed by atoms with Crippen LogP contribution in [0.3, 0.4) is 0 Å². The molecule has 0 aromatic carbocycles. The summed E-state index contributed by atoms with van der Waals surface area (Å²) in [5.41, 5.74) is 1.50. The van der Waals surface area contributed by atoms with Gasteiger partial charge < -0.3 is 0 Å². The Hall–Kier alpha value is -0.810. The van der Waals surface area contributed by atoms with E-state index in [-0.39, 0.29) is 0 Å². The standard InChI is InChI=1S/C9H9NS/c10-5-4-8-6-7-2-1-3-9(7)11-8/h6H,1-4H2. The van der Waals surface area contributed by atoms with E-state index in [2.05, 4.69) is 12.1 Å². The molecule has 0 radical (unpaired) electrons. The SMILES string of the molecule is N#CCc1cc2c(s1)CCC2. The maximum Gasteiger partial charge on any atom is 0.0695 e. The van der Waals surface area contributed by atoms with Crippen molar-refractivity contribution in [2.45, 2.75) is 25.7 Å². The molecule has 1 heterocycles. The maximum atomic E-state index is 8.47. The Labute approximate surface area is 70.3 Å². The van der Waals surface area contributed by atoms with E-state index in [1.54, 1.807) is 0 Å². The summed E-state index contributed by atoms with van der Waals surface area (Å²) in [5, 5.41) is 8.47. The van der Waals surface area contributed by atoms with Crippen LogP contribution in [0.5, 0.6) is 0 Å². The molecule has 56 valence electrons. The van der Waals surface area contributed by atoms with E-state index in [4.69, 9.17) is 5.26 Å². The van der Waals surface area contributed by atoms with Gasteiger partial charge in [0.05, 0.1) is 12.5 Å². The molecule has 0 saturated heterocycles. The molecule has 1 aromatic heterocycles. The van der Waals surface area contributed by atoms with Crippen molar-refractivity contribution in [1.29, 1.82) is 5.26 Å². The smallest absolute Gasteiger partial charge is 0.0695 e. The molecule has 2 rings (SSSR count). The summed E-state index contributed by atoms with van der Waals surface area (Å²) in [6.07, 6.45) is 4.38. The van der Waals surface area contributed by atoms with Gasteiger partial charge in [0.25, 0.3) is 0 Å². The molecule has 0 atom stereocenters. The van der Waals surface area contributed by atoms with Crippen LogP contribution in [0.2, 0.25) is 0 Å². The lowest BCUT2D eigenvalue weighted by atomic mass is 10.2. The minimum Gasteiger partial charge on any atom is -0.198 e. The van der Waals surface area contributed by atoms with Crippen LogP contribution in [0.15, 0.2) is 6.07 Å². The molecular formula is C9H9NS. The molecule has 0 spiro atoms. The second-order valence-electron chi connectivity index (χ2n) is 2.85. The van der Waals surface area contributed by atoms with Gasteiger partial charge in [-0.1, -0.05) is 0 Å². The van der Waals surface area contributed by atoms with Crippen LogP contribution in [0, 0.1) is 11.3 Å². The zero-order valence-electron chi connectivity index (χ0n) is 6.26. The molecule has 1 aliphatic carbocycles. The van der Waals surface area contributed by atoms with Gasteiger partial charge in [-0.3, -0.25) is 0 Å². The fourth-order valence-electron chi connectivity index (χ4n) is 1.56. The predicted molar refractivity (Wildman–Crippen MR) is 45.7 cm³/mol. The highest BCUT2D eigenvalue weighted by molar-refractivity contribution is 7.12. The highest BCUT2D eigenvalue weighted by Crippen LogP contribution is 2.30. The van der Waals surface area contributed by atoms with E-state index in [0.29, 0.717) is 6.42 Å². The molecule has 0 saturated carbocycles. The summed E-state index contributed by atoms with van der Waals surface area (Å²) in [4.78, 5) is 2.77. The molecule has 11 heavy (non-hydrogen) atoms. The quantitative estimate of drug-likeness (QED) is 0.623. The Morgan fingerprint density at radius 3 is 3.18 bits per heavy atom. The first-order valence-electron chi connectivity index (χ1n) is 3.87. The van der Waals surface area contributed by atoms with Gasteiger partial charge >= 0.3 is 0 Å². The van der Waals surface area contributed by atoms with Crippen molar-refractivity contribution in [2.24, 2.45) is 0 Å². The zero-order valence-corrected chi connectivity index (χ0v) is 7.08. The number of hydrogen-bond acceptors (Lipinski definition) is 2. The normalized spacial score (nSPS) is 14.5. The molecule has 0 unspecified atom stereocenters. The van der Waals surface area contributed by atoms with Crippen LogP contribution in [-0.4, -0.2) is 0 Å². The summed E-state index contributed by atoms with van der Waals surface area (Å²) >= 11 is 1.82. The minimum atomic E-state index is 0.595. The summed E-state index contributed by atoms with van der Waals surface area (Å²) in [5.74, 6) is 0. The third-order valence-corrected chi connectivity index (χ3v) is 3.29. The molecule has 1 aromatic rings. The minimum absolute atomic E-state index is 0.595. The Morgan fingerprint density at radius 1 is 1.55 bits per heavy atom. The molecule has 0 fully saturated rings. The summed E-state index contributed by atoms with van der Waals surface area (Å²) < 4.78 is 0. The van der Waals surface area contributed by atoms with Crippen molar-refractivity contribution in [1.82, 2.24) is 0 Å². The van der Waals surface area contributed by atoms with E-state index in [1.165, 1.54) is 34.6 Å². The molecule has 0 amide bonds. The molecule has 0 aliphatic heterocycles. The molecule has 1 aliphatic rings. The first-order chi connectivity index (χ1) is 5.40. The first kappa shape index (κ1) is 6.87. The topological polar surface area (TPSA) is 23.8 Å². The largest absolute Gasteiger partial charge is 0.198 e. The lowest BCUT2D eigenvalue weighted by molar-refractivity contribution is 0.914. The van der Waals surface area contributed by atoms with Crippen LogP contribution in [0.1, 0.15) is 21.7 Å². The van der Waals surface area contributed by atoms with E-state index >= 15 is 0 Å². The number of nitriles is 1. The number of hydrogen-bond donors (Lipinski definition) is 0. The molecule has 1 nitrogen and oxygen atoms in total. The van der Waals surface area contributed by atoms with Crippen LogP contribution >= 0.6 is 11.3 Å². The van der Waals surface area contributed by atoms with Gasteiger partial charge in [-0.25, -0.2) is 0 Å². The first-order valence-corrected chi connectivity index (χ1v) is 4.69. The van der Waals surface area contributed by atoms with E-state index in [9.17, 15) is 0 Å². The molecule has 2 heteroatoms. The van der Waals surface area contributed by atoms with E-state index in [0.717, 1.165) is 0 Å². The molecule has 0 bridgehead atoms. The Kier molecular flexibility index (Phi) is 1.67. The Balaban J connectivity index is 2.29. The zero-order chi connectivity index (χ0) is 7.68. The van der Waals surface area contributed by atoms with Crippen molar-refractivity contribution in [3.63, 3.8) is 0 Å². The number of thiophene rings is 1. The fraction of sp³-hybridized carbons (Fsp3) is 0.444. The van der Waals surface area contributed by atoms with Gasteiger partial charge in [0, 0.05) is 9.75 Å². The van der Waals surface area contributed by atoms with E-state index in [1.807, 2.05) is 11.3 Å². The highest BCUT2D eigenvalue weighted by atomic mass is 32.1. The van der Waals surface area contributed by atoms with Gasteiger partial charge in [-0.05, 0) is 30.9 Å². The van der Waals surface area contributed by atoms with Crippen molar-refractivity contribution < 1.29 is 0 Å². The summed E-state index contributed by atoms with van der Waals surface area (Å²) in [6, 6.07) is 4.39. The number of rotatable bonds is 1. The Morgan fingerprint density at radius 2 is 2.45 bits per heavy atom. The van der Waals surface area contributed by atoms with Gasteiger partial charge in [-0.15, -0.1) is 11.3 Å². The Bertz CT molecular complexity index is 284. The fourth-order valence-corrected chi connectivity index (χ4v) is 2.75. The maximum absolute atomic E-state index is 8.47. The third-order valence-electron chi connectivity index (χ3n) is 2.05. The predicted octanol–water partition coefficient (Wildman–Crippen LogP) is 2.30. The monoisotopic (exact) mass is 163 g/mol. The third kappa shape index (κ3) is 1.17. The van der Waals surface area contributed by atoms with Gasteiger partial charge in [0.2, 0.25) is 0 Å². The van der Waals surface area contributed by atoms with Crippen molar-refractivity contribution in [3.8, 4) is 6.07 Å². The van der Waals surface area contributed by atoms with Crippen LogP contribution in [-0.2, 0) is 19.3 Å². The molecule has 0 N–H and O–H groups in total. The summed E-state index contributed by atoms with van der Waals surface area (Å²) in [6.45, 7) is 0. The second-order valence-corrected chi connectivity index (χ2v) is 4.07. The van der Waals surface area contributed by atoms with Crippen LogP contribution in [0.4, 0.5) is 0 Å². The number of nitrogens with zero attached hydrogens (tertiary/aromatic N) is 1. The molecular weight excluding hydrogens is 154 g/mol. The van der Waals surface area contributed by atoms with Gasteiger partial charge in [0.1, 0.15) is 0 Å². The van der Waals surface area contributed by atoms with Crippen molar-refractivity contribution in [3.05, 3.63) is 21.4 Å². The number of aryl methyl sites for hydroxylation is 2. The lowest BCUT2D eigenvalue weighted by Crippen LogP contribution is -1.74. The number of fused-ring (bicyclic) bond motifs is 1. The lowest BCUT2D eigenvalue weighted by Gasteiger charge is -1.84.